The Hall–Kier alpha value is -1.65. The molecule has 0 unspecified atom stereocenters. The zero-order chi connectivity index (χ0) is 16.7. The summed E-state index contributed by atoms with van der Waals surface area (Å²) in [6.07, 6.45) is 1.30. The van der Waals surface area contributed by atoms with Crippen LogP contribution in [0.2, 0.25) is 5.02 Å². The van der Waals surface area contributed by atoms with Crippen LogP contribution in [0.4, 0.5) is 5.69 Å². The lowest BCUT2D eigenvalue weighted by molar-refractivity contribution is -0.116. The predicted octanol–water partition coefficient (Wildman–Crippen LogP) is 5.17. The van der Waals surface area contributed by atoms with Gasteiger partial charge >= 0.3 is 0 Å². The molecule has 0 fully saturated rings. The molecule has 0 aliphatic heterocycles. The predicted molar refractivity (Wildman–Crippen MR) is 97.8 cm³/mol. The number of halogens is 1. The van der Waals surface area contributed by atoms with Gasteiger partial charge in [-0.05, 0) is 61.1 Å². The summed E-state index contributed by atoms with van der Waals surface area (Å²) in [6.45, 7) is 1.98. The molecule has 2 aromatic rings. The fourth-order valence-corrected chi connectivity index (χ4v) is 3.06. The summed E-state index contributed by atoms with van der Waals surface area (Å²) in [5.41, 5.74) is 1.81. The van der Waals surface area contributed by atoms with Crippen LogP contribution in [0.5, 0.6) is 5.75 Å². The molecule has 0 heterocycles. The van der Waals surface area contributed by atoms with E-state index in [1.54, 1.807) is 18.9 Å². The second-order valence-corrected chi connectivity index (χ2v) is 6.76. The van der Waals surface area contributed by atoms with Crippen LogP contribution in [0, 0.1) is 6.92 Å². The molecular weight excluding hydrogens is 330 g/mol. The van der Waals surface area contributed by atoms with Crippen LogP contribution in [0.1, 0.15) is 18.4 Å². The highest BCUT2D eigenvalue weighted by Gasteiger charge is 2.07. The molecule has 0 aromatic heterocycles. The number of benzene rings is 2. The molecule has 3 nitrogen and oxygen atoms in total. The van der Waals surface area contributed by atoms with Gasteiger partial charge in [-0.1, -0.05) is 17.7 Å². The number of aryl methyl sites for hydroxylation is 1. The van der Waals surface area contributed by atoms with Crippen LogP contribution in [0.25, 0.3) is 0 Å². The second kappa shape index (κ2) is 8.85. The fraction of sp³-hybridized carbons (Fsp3) is 0.278. The molecule has 1 amide bonds. The van der Waals surface area contributed by atoms with Crippen LogP contribution >= 0.6 is 23.4 Å². The molecule has 0 saturated heterocycles. The minimum Gasteiger partial charge on any atom is -0.495 e. The molecule has 0 radical (unpaired) electrons. The van der Waals surface area contributed by atoms with Crippen molar-refractivity contribution in [3.8, 4) is 5.75 Å². The summed E-state index contributed by atoms with van der Waals surface area (Å²) in [5, 5.41) is 3.65. The molecule has 1 N–H and O–H groups in total. The van der Waals surface area contributed by atoms with E-state index in [-0.39, 0.29) is 5.91 Å². The van der Waals surface area contributed by atoms with Gasteiger partial charge in [-0.15, -0.1) is 11.8 Å². The summed E-state index contributed by atoms with van der Waals surface area (Å²) in [7, 11) is 1.60. The molecule has 122 valence electrons. The topological polar surface area (TPSA) is 38.3 Å². The van der Waals surface area contributed by atoms with Crippen molar-refractivity contribution >= 4 is 35.0 Å². The number of hydrogen-bond donors (Lipinski definition) is 1. The number of ether oxygens (including phenoxy) is 1. The number of nitrogens with one attached hydrogen (secondary N) is 1. The van der Waals surface area contributed by atoms with Gasteiger partial charge in [0.25, 0.3) is 0 Å². The Kier molecular flexibility index (Phi) is 6.81. The summed E-state index contributed by atoms with van der Waals surface area (Å²) in [4.78, 5) is 13.2. The zero-order valence-corrected chi connectivity index (χ0v) is 14.8. The van der Waals surface area contributed by atoms with E-state index in [9.17, 15) is 4.79 Å². The maximum atomic E-state index is 12.1. The lowest BCUT2D eigenvalue weighted by Gasteiger charge is -2.11. The number of rotatable bonds is 7. The number of carbonyl (C=O) groups is 1. The van der Waals surface area contributed by atoms with Gasteiger partial charge in [0.2, 0.25) is 5.91 Å². The highest BCUT2D eigenvalue weighted by Crippen LogP contribution is 2.26. The van der Waals surface area contributed by atoms with Crippen molar-refractivity contribution in [1.82, 2.24) is 0 Å². The zero-order valence-electron chi connectivity index (χ0n) is 13.3. The molecule has 23 heavy (non-hydrogen) atoms. The summed E-state index contributed by atoms with van der Waals surface area (Å²) >= 11 is 7.58. The minimum absolute atomic E-state index is 0.00519. The molecule has 2 rings (SSSR count). The van der Waals surface area contributed by atoms with Gasteiger partial charge in [0, 0.05) is 16.3 Å². The molecule has 0 aliphatic rings. The largest absolute Gasteiger partial charge is 0.495 e. The molecule has 0 bridgehead atoms. The van der Waals surface area contributed by atoms with Crippen molar-refractivity contribution in [1.29, 1.82) is 0 Å². The molecule has 5 heteroatoms. The number of hydrogen-bond acceptors (Lipinski definition) is 3. The Morgan fingerprint density at radius 2 is 1.96 bits per heavy atom. The van der Waals surface area contributed by atoms with Gasteiger partial charge in [-0.25, -0.2) is 0 Å². The van der Waals surface area contributed by atoms with Crippen LogP contribution < -0.4 is 10.1 Å². The summed E-state index contributed by atoms with van der Waals surface area (Å²) < 4.78 is 5.26. The number of carbonyl (C=O) groups excluding carboxylic acids is 1. The third kappa shape index (κ3) is 5.81. The summed E-state index contributed by atoms with van der Waals surface area (Å²) in [5.74, 6) is 1.57. The normalized spacial score (nSPS) is 10.4. The van der Waals surface area contributed by atoms with Crippen molar-refractivity contribution in [2.24, 2.45) is 0 Å². The van der Waals surface area contributed by atoms with Gasteiger partial charge in [0.15, 0.2) is 0 Å². The quantitative estimate of drug-likeness (QED) is 0.553. The second-order valence-electron chi connectivity index (χ2n) is 5.16. The first kappa shape index (κ1) is 17.7. The van der Waals surface area contributed by atoms with E-state index >= 15 is 0 Å². The summed E-state index contributed by atoms with van der Waals surface area (Å²) in [6, 6.07) is 13.5. The molecule has 0 spiro atoms. The van der Waals surface area contributed by atoms with E-state index in [2.05, 4.69) is 5.32 Å². The average molecular weight is 350 g/mol. The van der Waals surface area contributed by atoms with E-state index < -0.39 is 0 Å². The Morgan fingerprint density at radius 1 is 1.22 bits per heavy atom. The van der Waals surface area contributed by atoms with Gasteiger partial charge in [0.05, 0.1) is 12.8 Å². The van der Waals surface area contributed by atoms with Crippen LogP contribution in [-0.2, 0) is 4.79 Å². The number of amides is 1. The Bertz CT molecular complexity index is 659. The molecular formula is C18H20ClNO2S. The maximum Gasteiger partial charge on any atom is 0.224 e. The van der Waals surface area contributed by atoms with Gasteiger partial charge < -0.3 is 10.1 Å². The van der Waals surface area contributed by atoms with E-state index in [1.807, 2.05) is 49.4 Å². The van der Waals surface area contributed by atoms with Crippen molar-refractivity contribution in [2.75, 3.05) is 18.2 Å². The van der Waals surface area contributed by atoms with E-state index in [0.29, 0.717) is 12.2 Å². The first-order chi connectivity index (χ1) is 11.1. The highest BCUT2D eigenvalue weighted by atomic mass is 35.5. The van der Waals surface area contributed by atoms with E-state index in [0.717, 1.165) is 33.3 Å². The Labute approximate surface area is 146 Å². The smallest absolute Gasteiger partial charge is 0.224 e. The third-order valence-electron chi connectivity index (χ3n) is 3.26. The monoisotopic (exact) mass is 349 g/mol. The lowest BCUT2D eigenvalue weighted by atomic mass is 10.2. The number of thioether (sulfide) groups is 1. The standard InChI is InChI=1S/C18H20ClNO2S/c1-13-5-10-17(22-2)16(12-13)20-18(21)4-3-11-23-15-8-6-14(19)7-9-15/h5-10,12H,3-4,11H2,1-2H3,(H,20,21). The minimum atomic E-state index is 0.00519. The first-order valence-electron chi connectivity index (χ1n) is 7.41. The van der Waals surface area contributed by atoms with Gasteiger partial charge in [0.1, 0.15) is 5.75 Å². The fourth-order valence-electron chi connectivity index (χ4n) is 2.09. The Morgan fingerprint density at radius 3 is 2.65 bits per heavy atom. The van der Waals surface area contributed by atoms with Crippen molar-refractivity contribution < 1.29 is 9.53 Å². The Balaban J connectivity index is 1.77. The molecule has 2 aromatic carbocycles. The SMILES string of the molecule is COc1ccc(C)cc1NC(=O)CCCSc1ccc(Cl)cc1. The van der Waals surface area contributed by atoms with E-state index in [4.69, 9.17) is 16.3 Å². The van der Waals surface area contributed by atoms with Gasteiger partial charge in [-0.3, -0.25) is 4.79 Å². The van der Waals surface area contributed by atoms with Crippen LogP contribution in [-0.4, -0.2) is 18.8 Å². The number of methoxy groups -OCH3 is 1. The number of anilines is 1. The first-order valence-corrected chi connectivity index (χ1v) is 8.77. The van der Waals surface area contributed by atoms with Crippen molar-refractivity contribution in [3.63, 3.8) is 0 Å². The van der Waals surface area contributed by atoms with Crippen LogP contribution in [0.3, 0.4) is 0 Å². The highest BCUT2D eigenvalue weighted by molar-refractivity contribution is 7.99. The van der Waals surface area contributed by atoms with Crippen LogP contribution in [0.15, 0.2) is 47.4 Å². The van der Waals surface area contributed by atoms with Crippen molar-refractivity contribution in [2.45, 2.75) is 24.7 Å². The lowest BCUT2D eigenvalue weighted by Crippen LogP contribution is -2.12. The van der Waals surface area contributed by atoms with E-state index in [1.165, 1.54) is 0 Å². The third-order valence-corrected chi connectivity index (χ3v) is 4.61. The molecule has 0 aliphatic carbocycles. The maximum absolute atomic E-state index is 12.1. The molecule has 0 saturated carbocycles. The van der Waals surface area contributed by atoms with Crippen molar-refractivity contribution in [3.05, 3.63) is 53.1 Å². The van der Waals surface area contributed by atoms with Gasteiger partial charge in [-0.2, -0.15) is 0 Å². The molecule has 0 atom stereocenters. The average Bonchev–Trinajstić information content (AvgIpc) is 2.53.